The lowest BCUT2D eigenvalue weighted by Crippen LogP contribution is -2.40. The molecule has 0 aromatic heterocycles. The van der Waals surface area contributed by atoms with Gasteiger partial charge in [-0.2, -0.15) is 0 Å². The highest BCUT2D eigenvalue weighted by molar-refractivity contribution is 7.80. The lowest BCUT2D eigenvalue weighted by molar-refractivity contribution is -0.123. The zero-order chi connectivity index (χ0) is 13.2. The Bertz CT molecular complexity index is 472. The third-order valence-corrected chi connectivity index (χ3v) is 3.15. The normalized spacial score (nSPS) is 22.6. The smallest absolute Gasteiger partial charge is 0.256 e. The summed E-state index contributed by atoms with van der Waals surface area (Å²) in [7, 11) is 0. The average Bonchev–Trinajstić information content (AvgIpc) is 2.62. The lowest BCUT2D eigenvalue weighted by atomic mass is 9.92. The van der Waals surface area contributed by atoms with Gasteiger partial charge in [-0.05, 0) is 43.3 Å². The molecule has 1 aromatic carbocycles. The van der Waals surface area contributed by atoms with E-state index in [0.29, 0.717) is 11.7 Å². The summed E-state index contributed by atoms with van der Waals surface area (Å²) < 4.78 is 5.51. The second-order valence-electron chi connectivity index (χ2n) is 4.41. The van der Waals surface area contributed by atoms with E-state index >= 15 is 0 Å². The van der Waals surface area contributed by atoms with Crippen LogP contribution in [0.2, 0.25) is 0 Å². The Kier molecular flexibility index (Phi) is 3.52. The largest absolute Gasteiger partial charge is 0.494 e. The Morgan fingerprint density at radius 3 is 2.50 bits per heavy atom. The van der Waals surface area contributed by atoms with Gasteiger partial charge in [0.25, 0.3) is 5.91 Å². The quantitative estimate of drug-likeness (QED) is 0.813. The molecule has 2 rings (SSSR count). The summed E-state index contributed by atoms with van der Waals surface area (Å²) in [5, 5.41) is 5.96. The lowest BCUT2D eigenvalue weighted by Gasteiger charge is -2.21. The number of hydrogen-bond acceptors (Lipinski definition) is 3. The predicted molar refractivity (Wildman–Crippen MR) is 73.5 cm³/mol. The van der Waals surface area contributed by atoms with Crippen LogP contribution in [0.25, 0.3) is 0 Å². The number of carbonyl (C=O) groups is 1. The molecule has 0 aliphatic carbocycles. The molecule has 0 spiro atoms. The van der Waals surface area contributed by atoms with Gasteiger partial charge in [0, 0.05) is 0 Å². The number of amides is 1. The van der Waals surface area contributed by atoms with Gasteiger partial charge in [0.15, 0.2) is 5.11 Å². The van der Waals surface area contributed by atoms with Crippen LogP contribution in [0.15, 0.2) is 24.3 Å². The fourth-order valence-electron chi connectivity index (χ4n) is 1.85. The maximum absolute atomic E-state index is 11.9. The van der Waals surface area contributed by atoms with E-state index in [1.165, 1.54) is 0 Å². The van der Waals surface area contributed by atoms with Gasteiger partial charge in [0.05, 0.1) is 6.61 Å². The third kappa shape index (κ3) is 2.31. The zero-order valence-electron chi connectivity index (χ0n) is 10.4. The van der Waals surface area contributed by atoms with Crippen molar-refractivity contribution in [1.82, 2.24) is 10.6 Å². The van der Waals surface area contributed by atoms with Gasteiger partial charge < -0.3 is 15.4 Å². The minimum Gasteiger partial charge on any atom is -0.494 e. The molecule has 0 saturated carbocycles. The van der Waals surface area contributed by atoms with E-state index in [-0.39, 0.29) is 5.91 Å². The van der Waals surface area contributed by atoms with Crippen molar-refractivity contribution in [1.29, 1.82) is 0 Å². The molecule has 0 bridgehead atoms. The van der Waals surface area contributed by atoms with Gasteiger partial charge in [-0.1, -0.05) is 19.1 Å². The van der Waals surface area contributed by atoms with Crippen LogP contribution in [0.5, 0.6) is 5.75 Å². The van der Waals surface area contributed by atoms with Gasteiger partial charge in [0.1, 0.15) is 11.3 Å². The standard InChI is InChI=1S/C13H16N2O2S/c1-3-8-17-10-6-4-9(5-7-10)13(2)11(16)14-12(18)15-13/h4-7H,3,8H2,1-2H3,(H2,14,15,16,18). The molecule has 1 atom stereocenters. The second-order valence-corrected chi connectivity index (χ2v) is 4.81. The maximum atomic E-state index is 11.9. The van der Waals surface area contributed by atoms with Gasteiger partial charge >= 0.3 is 0 Å². The van der Waals surface area contributed by atoms with E-state index in [2.05, 4.69) is 17.6 Å². The first-order valence-corrected chi connectivity index (χ1v) is 6.34. The number of thiocarbonyl (C=S) groups is 1. The monoisotopic (exact) mass is 264 g/mol. The molecular weight excluding hydrogens is 248 g/mol. The Labute approximate surface area is 112 Å². The SMILES string of the molecule is CCCOc1ccc(C2(C)NC(=S)NC2=O)cc1. The van der Waals surface area contributed by atoms with E-state index in [1.54, 1.807) is 0 Å². The first-order chi connectivity index (χ1) is 8.56. The van der Waals surface area contributed by atoms with Crippen molar-refractivity contribution < 1.29 is 9.53 Å². The van der Waals surface area contributed by atoms with Crippen molar-refractivity contribution in [3.8, 4) is 5.75 Å². The number of carbonyl (C=O) groups excluding carboxylic acids is 1. The first kappa shape index (κ1) is 12.8. The summed E-state index contributed by atoms with van der Waals surface area (Å²) >= 11 is 4.96. The highest BCUT2D eigenvalue weighted by atomic mass is 32.1. The Morgan fingerprint density at radius 1 is 1.33 bits per heavy atom. The fraction of sp³-hybridized carbons (Fsp3) is 0.385. The van der Waals surface area contributed by atoms with E-state index < -0.39 is 5.54 Å². The van der Waals surface area contributed by atoms with E-state index in [0.717, 1.165) is 17.7 Å². The number of hydrogen-bond donors (Lipinski definition) is 2. The van der Waals surface area contributed by atoms with E-state index in [1.807, 2.05) is 31.2 Å². The van der Waals surface area contributed by atoms with Crippen molar-refractivity contribution in [3.63, 3.8) is 0 Å². The topological polar surface area (TPSA) is 50.4 Å². The molecular formula is C13H16N2O2S. The summed E-state index contributed by atoms with van der Waals surface area (Å²) in [6, 6.07) is 7.50. The highest BCUT2D eigenvalue weighted by Gasteiger charge is 2.41. The van der Waals surface area contributed by atoms with Crippen molar-refractivity contribution in [2.24, 2.45) is 0 Å². The minimum atomic E-state index is -0.791. The zero-order valence-corrected chi connectivity index (χ0v) is 11.3. The molecule has 18 heavy (non-hydrogen) atoms. The van der Waals surface area contributed by atoms with Crippen LogP contribution in [0, 0.1) is 0 Å². The first-order valence-electron chi connectivity index (χ1n) is 5.93. The van der Waals surface area contributed by atoms with Crippen LogP contribution < -0.4 is 15.4 Å². The molecule has 1 fully saturated rings. The molecule has 5 heteroatoms. The molecule has 1 amide bonds. The summed E-state index contributed by atoms with van der Waals surface area (Å²) in [5.41, 5.74) is 0.0732. The molecule has 1 heterocycles. The Balaban J connectivity index is 2.19. The maximum Gasteiger partial charge on any atom is 0.256 e. The summed E-state index contributed by atoms with van der Waals surface area (Å²) in [6.45, 7) is 4.56. The molecule has 1 unspecified atom stereocenters. The molecule has 1 aromatic rings. The molecule has 2 N–H and O–H groups in total. The van der Waals surface area contributed by atoms with Crippen LogP contribution in [0.1, 0.15) is 25.8 Å². The summed E-state index contributed by atoms with van der Waals surface area (Å²) in [4.78, 5) is 11.9. The van der Waals surface area contributed by atoms with Gasteiger partial charge in [0.2, 0.25) is 0 Å². The van der Waals surface area contributed by atoms with Gasteiger partial charge in [-0.15, -0.1) is 0 Å². The van der Waals surface area contributed by atoms with E-state index in [9.17, 15) is 4.79 Å². The van der Waals surface area contributed by atoms with Crippen molar-refractivity contribution >= 4 is 23.2 Å². The summed E-state index contributed by atoms with van der Waals surface area (Å²) in [5.74, 6) is 0.680. The van der Waals surface area contributed by atoms with E-state index in [4.69, 9.17) is 17.0 Å². The van der Waals surface area contributed by atoms with Crippen LogP contribution in [-0.2, 0) is 10.3 Å². The molecule has 1 saturated heterocycles. The number of nitrogens with one attached hydrogen (secondary N) is 2. The molecule has 4 nitrogen and oxygen atoms in total. The fourth-order valence-corrected chi connectivity index (χ4v) is 2.15. The molecule has 1 aliphatic heterocycles. The molecule has 96 valence electrons. The Morgan fingerprint density at radius 2 is 2.00 bits per heavy atom. The number of benzene rings is 1. The van der Waals surface area contributed by atoms with Crippen LogP contribution in [-0.4, -0.2) is 17.6 Å². The van der Waals surface area contributed by atoms with Crippen LogP contribution in [0.3, 0.4) is 0 Å². The predicted octanol–water partition coefficient (Wildman–Crippen LogP) is 1.69. The molecule has 0 radical (unpaired) electrons. The van der Waals surface area contributed by atoms with Gasteiger partial charge in [-0.25, -0.2) is 0 Å². The average molecular weight is 264 g/mol. The number of rotatable bonds is 4. The minimum absolute atomic E-state index is 0.130. The van der Waals surface area contributed by atoms with Crippen LogP contribution >= 0.6 is 12.2 Å². The molecule has 1 aliphatic rings. The number of ether oxygens (including phenoxy) is 1. The van der Waals surface area contributed by atoms with Crippen LogP contribution in [0.4, 0.5) is 0 Å². The van der Waals surface area contributed by atoms with Crippen molar-refractivity contribution in [2.45, 2.75) is 25.8 Å². The highest BCUT2D eigenvalue weighted by Crippen LogP contribution is 2.26. The second kappa shape index (κ2) is 4.94. The van der Waals surface area contributed by atoms with Gasteiger partial charge in [-0.3, -0.25) is 4.79 Å². The summed E-state index contributed by atoms with van der Waals surface area (Å²) in [6.07, 6.45) is 0.970. The van der Waals surface area contributed by atoms with Crippen molar-refractivity contribution in [2.75, 3.05) is 6.61 Å². The third-order valence-electron chi connectivity index (χ3n) is 2.95. The van der Waals surface area contributed by atoms with Crippen molar-refractivity contribution in [3.05, 3.63) is 29.8 Å². The Hall–Kier alpha value is -1.62.